The van der Waals surface area contributed by atoms with Crippen molar-refractivity contribution in [1.29, 1.82) is 0 Å². The molecule has 17 heavy (non-hydrogen) atoms. The Hall–Kier alpha value is -1.16. The third-order valence-electron chi connectivity index (χ3n) is 1.71. The van der Waals surface area contributed by atoms with Gasteiger partial charge in [-0.05, 0) is 0 Å². The van der Waals surface area contributed by atoms with E-state index in [1.807, 2.05) is 30.9 Å². The van der Waals surface area contributed by atoms with Gasteiger partial charge in [0.15, 0.2) is 10.1 Å². The molecule has 0 bridgehead atoms. The number of imidazole rings is 1. The van der Waals surface area contributed by atoms with Gasteiger partial charge < -0.3 is 4.55 Å². The highest BCUT2D eigenvalue weighted by atomic mass is 32.2. The lowest BCUT2D eigenvalue weighted by atomic mass is 10.7. The molecule has 0 unspecified atom stereocenters. The van der Waals surface area contributed by atoms with Crippen LogP contribution in [0.5, 0.6) is 0 Å². The summed E-state index contributed by atoms with van der Waals surface area (Å²) >= 11 is 0. The summed E-state index contributed by atoms with van der Waals surface area (Å²) in [6.07, 6.45) is -0.583. The van der Waals surface area contributed by atoms with E-state index in [4.69, 9.17) is 0 Å². The first-order valence-electron chi connectivity index (χ1n) is 4.11. The molecule has 0 aliphatic carbocycles. The zero-order valence-electron chi connectivity index (χ0n) is 8.82. The highest BCUT2D eigenvalue weighted by molar-refractivity contribution is 7.86. The normalized spacial score (nSPS) is 12.2. The third-order valence-corrected chi connectivity index (χ3v) is 2.55. The molecule has 0 aliphatic heterocycles. The Morgan fingerprint density at radius 1 is 1.47 bits per heavy atom. The lowest BCUT2D eigenvalue weighted by Gasteiger charge is -2.17. The fraction of sp³-hybridized carbons (Fsp3) is 0.571. The zero-order valence-corrected chi connectivity index (χ0v) is 9.64. The van der Waals surface area contributed by atoms with Gasteiger partial charge in [-0.3, -0.25) is 0 Å². The number of hydrogen-bond donors (Lipinski definition) is 1. The number of alkyl halides is 4. The number of hydrogen-bond acceptors (Lipinski definition) is 3. The van der Waals surface area contributed by atoms with Crippen LogP contribution in [0, 0.1) is 6.92 Å². The molecule has 0 spiro atoms. The molecular weight excluding hydrogens is 268 g/mol. The largest absolute Gasteiger partial charge is 0.743 e. The second-order valence-corrected chi connectivity index (χ2v) is 4.43. The Kier molecular flexibility index (Phi) is 5.08. The number of H-pyrrole nitrogens is 1. The minimum Gasteiger partial charge on any atom is -0.743 e. The van der Waals surface area contributed by atoms with Crippen LogP contribution >= 0.6 is 0 Å². The number of halogens is 4. The second kappa shape index (κ2) is 5.45. The van der Waals surface area contributed by atoms with Crippen LogP contribution in [0.4, 0.5) is 17.6 Å². The van der Waals surface area contributed by atoms with Crippen molar-refractivity contribution in [3.8, 4) is 0 Å². The summed E-state index contributed by atoms with van der Waals surface area (Å²) in [4.78, 5) is 3.03. The Morgan fingerprint density at radius 2 is 1.94 bits per heavy atom. The standard InChI is InChI=1S/C5H8N2.C2H2F4O3S/c1-5-6-3-4-7(5)2;3-1(4)2(5,6)10(7,8)9/h3-4H,1-2H3;1H,(H,7,8,9). The van der Waals surface area contributed by atoms with E-state index in [2.05, 4.69) is 4.98 Å². The summed E-state index contributed by atoms with van der Waals surface area (Å²) in [6.45, 7) is 2.03. The van der Waals surface area contributed by atoms with Gasteiger partial charge in [0.2, 0.25) is 0 Å². The van der Waals surface area contributed by atoms with Crippen LogP contribution in [0.25, 0.3) is 0 Å². The van der Waals surface area contributed by atoms with Crippen LogP contribution in [0.2, 0.25) is 0 Å². The lowest BCUT2D eigenvalue weighted by molar-refractivity contribution is -0.676. The Bertz CT molecular complexity index is 441. The highest BCUT2D eigenvalue weighted by Crippen LogP contribution is 2.27. The molecular formula is C7H10F4N2O3S. The second-order valence-electron chi connectivity index (χ2n) is 2.97. The molecule has 0 radical (unpaired) electrons. The average molecular weight is 278 g/mol. The molecule has 0 atom stereocenters. The molecule has 0 saturated carbocycles. The maximum Gasteiger partial charge on any atom is 0.393 e. The molecule has 0 aromatic carbocycles. The molecule has 0 saturated heterocycles. The molecule has 5 nitrogen and oxygen atoms in total. The number of aromatic amines is 1. The Balaban J connectivity index is 0.000000318. The van der Waals surface area contributed by atoms with Crippen molar-refractivity contribution in [2.75, 3.05) is 0 Å². The van der Waals surface area contributed by atoms with Crippen LogP contribution in [0.3, 0.4) is 0 Å². The van der Waals surface area contributed by atoms with Crippen molar-refractivity contribution in [3.05, 3.63) is 18.2 Å². The zero-order chi connectivity index (χ0) is 13.9. The summed E-state index contributed by atoms with van der Waals surface area (Å²) in [5.41, 5.74) is 0. The summed E-state index contributed by atoms with van der Waals surface area (Å²) in [7, 11) is -4.23. The summed E-state index contributed by atoms with van der Waals surface area (Å²) < 4.78 is 74.7. The van der Waals surface area contributed by atoms with E-state index in [1.54, 1.807) is 0 Å². The van der Waals surface area contributed by atoms with Gasteiger partial charge in [0.05, 0.1) is 7.05 Å². The first-order chi connectivity index (χ1) is 7.50. The van der Waals surface area contributed by atoms with Gasteiger partial charge in [-0.25, -0.2) is 26.7 Å². The topological polar surface area (TPSA) is 76.9 Å². The van der Waals surface area contributed by atoms with Gasteiger partial charge in [-0.15, -0.1) is 0 Å². The number of nitrogens with one attached hydrogen (secondary N) is 1. The van der Waals surface area contributed by atoms with Crippen LogP contribution in [-0.2, 0) is 17.2 Å². The number of aromatic nitrogens is 2. The van der Waals surface area contributed by atoms with E-state index in [-0.39, 0.29) is 0 Å². The molecule has 10 heteroatoms. The maximum atomic E-state index is 11.4. The van der Waals surface area contributed by atoms with Gasteiger partial charge in [0.25, 0.3) is 5.82 Å². The van der Waals surface area contributed by atoms with E-state index >= 15 is 0 Å². The smallest absolute Gasteiger partial charge is 0.393 e. The van der Waals surface area contributed by atoms with Crippen LogP contribution in [-0.4, -0.2) is 29.6 Å². The van der Waals surface area contributed by atoms with Gasteiger partial charge in [0, 0.05) is 6.92 Å². The summed E-state index contributed by atoms with van der Waals surface area (Å²) in [6, 6.07) is 0. The Labute approximate surface area is 94.8 Å². The van der Waals surface area contributed by atoms with E-state index < -0.39 is 21.8 Å². The van der Waals surface area contributed by atoms with Gasteiger partial charge in [0.1, 0.15) is 12.4 Å². The van der Waals surface area contributed by atoms with Crippen LogP contribution in [0.15, 0.2) is 12.4 Å². The molecule has 1 heterocycles. The minimum atomic E-state index is -6.23. The van der Waals surface area contributed by atoms with Crippen molar-refractivity contribution in [1.82, 2.24) is 4.98 Å². The van der Waals surface area contributed by atoms with Crippen molar-refractivity contribution in [2.45, 2.75) is 18.6 Å². The van der Waals surface area contributed by atoms with Crippen molar-refractivity contribution >= 4 is 10.1 Å². The fourth-order valence-electron chi connectivity index (χ4n) is 0.592. The molecule has 0 aliphatic rings. The monoisotopic (exact) mass is 278 g/mol. The van der Waals surface area contributed by atoms with E-state index in [0.29, 0.717) is 0 Å². The van der Waals surface area contributed by atoms with Gasteiger partial charge in [-0.1, -0.05) is 0 Å². The summed E-state index contributed by atoms with van der Waals surface area (Å²) in [5, 5.41) is -5.48. The minimum absolute atomic E-state index is 1.18. The predicted molar refractivity (Wildman–Crippen MR) is 47.4 cm³/mol. The number of nitrogens with zero attached hydrogens (tertiary/aromatic N) is 1. The predicted octanol–water partition coefficient (Wildman–Crippen LogP) is 0.537. The molecule has 1 N–H and O–H groups in total. The molecule has 0 fully saturated rings. The quantitative estimate of drug-likeness (QED) is 0.487. The van der Waals surface area contributed by atoms with E-state index in [0.717, 1.165) is 0 Å². The highest BCUT2D eigenvalue weighted by Gasteiger charge is 2.48. The molecule has 100 valence electrons. The van der Waals surface area contributed by atoms with Crippen LogP contribution in [0.1, 0.15) is 5.82 Å². The lowest BCUT2D eigenvalue weighted by Crippen LogP contribution is -2.36. The molecule has 1 rings (SSSR count). The third kappa shape index (κ3) is 4.30. The first-order valence-corrected chi connectivity index (χ1v) is 5.52. The molecule has 0 amide bonds. The SMILES string of the molecule is Cc1[nH]cc[n+]1C.O=S(=O)([O-])C(F)(F)C(F)F. The molecule has 1 aromatic rings. The van der Waals surface area contributed by atoms with E-state index in [1.165, 1.54) is 5.82 Å². The summed E-state index contributed by atoms with van der Waals surface area (Å²) in [5.74, 6) is 1.18. The van der Waals surface area contributed by atoms with Gasteiger partial charge >= 0.3 is 11.7 Å². The van der Waals surface area contributed by atoms with Gasteiger partial charge in [-0.2, -0.15) is 8.78 Å². The van der Waals surface area contributed by atoms with Crippen molar-refractivity contribution in [3.63, 3.8) is 0 Å². The maximum absolute atomic E-state index is 11.4. The van der Waals surface area contributed by atoms with E-state index in [9.17, 15) is 30.5 Å². The number of rotatable bonds is 2. The Morgan fingerprint density at radius 3 is 2.00 bits per heavy atom. The molecule has 1 aromatic heterocycles. The van der Waals surface area contributed by atoms with Crippen molar-refractivity contribution < 1.29 is 35.1 Å². The average Bonchev–Trinajstić information content (AvgIpc) is 2.50. The van der Waals surface area contributed by atoms with Crippen molar-refractivity contribution in [2.24, 2.45) is 7.05 Å². The fourth-order valence-corrected chi connectivity index (χ4v) is 0.811. The first kappa shape index (κ1) is 15.8. The van der Waals surface area contributed by atoms with Crippen LogP contribution < -0.4 is 4.57 Å². The number of aryl methyl sites for hydroxylation is 2.